The number of rotatable bonds is 2. The predicted octanol–water partition coefficient (Wildman–Crippen LogP) is 1.74. The van der Waals surface area contributed by atoms with E-state index in [1.54, 1.807) is 12.1 Å². The summed E-state index contributed by atoms with van der Waals surface area (Å²) in [7, 11) is 0. The number of carbonyl (C=O) groups excluding carboxylic acids is 1. The molecule has 1 heterocycles. The molecule has 0 aliphatic carbocycles. The van der Waals surface area contributed by atoms with Crippen molar-refractivity contribution in [2.75, 3.05) is 0 Å². The number of carbonyl (C=O) groups is 1. The van der Waals surface area contributed by atoms with Crippen molar-refractivity contribution < 1.29 is 19.4 Å². The highest BCUT2D eigenvalue weighted by Crippen LogP contribution is 2.29. The molecule has 80 valence electrons. The van der Waals surface area contributed by atoms with Crippen molar-refractivity contribution in [1.82, 2.24) is 0 Å². The number of phenolic OH excluding ortho intramolecular Hbond substituents is 1. The normalized spacial score (nSPS) is 25.3. The van der Waals surface area contributed by atoms with E-state index >= 15 is 0 Å². The Labute approximate surface area is 87.4 Å². The molecule has 1 aliphatic heterocycles. The molecular weight excluding hydrogens is 196 g/mol. The second-order valence-electron chi connectivity index (χ2n) is 3.38. The van der Waals surface area contributed by atoms with Gasteiger partial charge in [0, 0.05) is 6.42 Å². The van der Waals surface area contributed by atoms with Gasteiger partial charge in [-0.1, -0.05) is 19.1 Å². The molecule has 1 N–H and O–H groups in total. The van der Waals surface area contributed by atoms with Crippen molar-refractivity contribution in [3.8, 4) is 5.75 Å². The monoisotopic (exact) mass is 208 g/mol. The first kappa shape index (κ1) is 9.98. The maximum Gasteiger partial charge on any atom is 0.342 e. The van der Waals surface area contributed by atoms with Crippen molar-refractivity contribution in [2.45, 2.75) is 25.7 Å². The van der Waals surface area contributed by atoms with Crippen LogP contribution in [0.15, 0.2) is 24.3 Å². The minimum Gasteiger partial charge on any atom is -0.508 e. The number of benzene rings is 1. The van der Waals surface area contributed by atoms with Crippen molar-refractivity contribution in [3.05, 3.63) is 29.8 Å². The minimum atomic E-state index is -0.657. The molecule has 1 fully saturated rings. The smallest absolute Gasteiger partial charge is 0.342 e. The first-order chi connectivity index (χ1) is 7.20. The molecule has 2 rings (SSSR count). The van der Waals surface area contributed by atoms with Crippen LogP contribution in [-0.2, 0) is 14.3 Å². The average Bonchev–Trinajstić information content (AvgIpc) is 2.61. The van der Waals surface area contributed by atoms with Crippen molar-refractivity contribution >= 4 is 5.97 Å². The lowest BCUT2D eigenvalue weighted by Gasteiger charge is -2.07. The van der Waals surface area contributed by atoms with E-state index < -0.39 is 12.4 Å². The van der Waals surface area contributed by atoms with E-state index in [-0.39, 0.29) is 11.7 Å². The van der Waals surface area contributed by atoms with Gasteiger partial charge in [-0.05, 0) is 17.7 Å². The Morgan fingerprint density at radius 1 is 1.33 bits per heavy atom. The molecule has 1 aromatic carbocycles. The summed E-state index contributed by atoms with van der Waals surface area (Å²) in [5, 5.41) is 9.11. The molecule has 0 amide bonds. The quantitative estimate of drug-likeness (QED) is 0.752. The van der Waals surface area contributed by atoms with Crippen molar-refractivity contribution in [1.29, 1.82) is 0 Å². The fraction of sp³-hybridized carbons (Fsp3) is 0.364. The largest absolute Gasteiger partial charge is 0.508 e. The van der Waals surface area contributed by atoms with Crippen LogP contribution in [0, 0.1) is 0 Å². The Hall–Kier alpha value is -1.55. The van der Waals surface area contributed by atoms with Crippen LogP contribution in [0.1, 0.15) is 25.0 Å². The van der Waals surface area contributed by atoms with Gasteiger partial charge in [-0.2, -0.15) is 0 Å². The topological polar surface area (TPSA) is 55.8 Å². The first-order valence-electron chi connectivity index (χ1n) is 4.85. The summed E-state index contributed by atoms with van der Waals surface area (Å²) in [4.78, 5) is 11.4. The summed E-state index contributed by atoms with van der Waals surface area (Å²) in [5.74, 6) is -0.204. The fourth-order valence-corrected chi connectivity index (χ4v) is 1.47. The lowest BCUT2D eigenvalue weighted by molar-refractivity contribution is -0.143. The Balaban J connectivity index is 2.18. The van der Waals surface area contributed by atoms with E-state index in [0.29, 0.717) is 12.0 Å². The number of hydrogen-bond acceptors (Lipinski definition) is 4. The van der Waals surface area contributed by atoms with E-state index in [1.807, 2.05) is 6.92 Å². The van der Waals surface area contributed by atoms with Gasteiger partial charge in [0.15, 0.2) is 6.10 Å². The van der Waals surface area contributed by atoms with Gasteiger partial charge in [0.25, 0.3) is 0 Å². The van der Waals surface area contributed by atoms with E-state index in [4.69, 9.17) is 14.6 Å². The Bertz CT molecular complexity index is 357. The van der Waals surface area contributed by atoms with Crippen molar-refractivity contribution in [2.24, 2.45) is 0 Å². The van der Waals surface area contributed by atoms with Crippen molar-refractivity contribution in [3.63, 3.8) is 0 Å². The molecule has 4 nitrogen and oxygen atoms in total. The molecule has 0 aromatic heterocycles. The molecule has 2 atom stereocenters. The van der Waals surface area contributed by atoms with Gasteiger partial charge in [0.05, 0.1) is 0 Å². The van der Waals surface area contributed by atoms with E-state index in [0.717, 1.165) is 0 Å². The predicted molar refractivity (Wildman–Crippen MR) is 52.1 cm³/mol. The van der Waals surface area contributed by atoms with Gasteiger partial charge in [0.2, 0.25) is 6.29 Å². The van der Waals surface area contributed by atoms with Crippen LogP contribution in [0.2, 0.25) is 0 Å². The second kappa shape index (κ2) is 3.90. The molecule has 1 aliphatic rings. The van der Waals surface area contributed by atoms with E-state index in [9.17, 15) is 4.79 Å². The zero-order valence-corrected chi connectivity index (χ0v) is 8.34. The number of hydrogen-bond donors (Lipinski definition) is 1. The third-order valence-corrected chi connectivity index (χ3v) is 2.28. The molecule has 0 radical (unpaired) electrons. The SMILES string of the molecule is CCC1OC(=O)C(c2ccc(O)cc2)O1. The summed E-state index contributed by atoms with van der Waals surface area (Å²) >= 11 is 0. The molecule has 4 heteroatoms. The molecule has 0 spiro atoms. The third kappa shape index (κ3) is 1.94. The highest BCUT2D eigenvalue weighted by Gasteiger charge is 2.35. The Morgan fingerprint density at radius 3 is 2.53 bits per heavy atom. The first-order valence-corrected chi connectivity index (χ1v) is 4.85. The van der Waals surface area contributed by atoms with Gasteiger partial charge < -0.3 is 14.6 Å². The molecule has 0 bridgehead atoms. The van der Waals surface area contributed by atoms with Gasteiger partial charge in [-0.3, -0.25) is 0 Å². The van der Waals surface area contributed by atoms with Crippen LogP contribution < -0.4 is 0 Å². The van der Waals surface area contributed by atoms with Gasteiger partial charge >= 0.3 is 5.97 Å². The lowest BCUT2D eigenvalue weighted by Crippen LogP contribution is -2.06. The maximum absolute atomic E-state index is 11.4. The summed E-state index contributed by atoms with van der Waals surface area (Å²) < 4.78 is 10.4. The summed E-state index contributed by atoms with van der Waals surface area (Å²) in [6.07, 6.45) is -0.466. The maximum atomic E-state index is 11.4. The minimum absolute atomic E-state index is 0.164. The van der Waals surface area contributed by atoms with Crippen LogP contribution in [-0.4, -0.2) is 17.4 Å². The molecule has 15 heavy (non-hydrogen) atoms. The van der Waals surface area contributed by atoms with Crippen LogP contribution in [0.3, 0.4) is 0 Å². The lowest BCUT2D eigenvalue weighted by atomic mass is 10.1. The second-order valence-corrected chi connectivity index (χ2v) is 3.38. The Kier molecular flexibility index (Phi) is 2.60. The average molecular weight is 208 g/mol. The summed E-state index contributed by atoms with van der Waals surface area (Å²) in [6, 6.07) is 6.34. The molecular formula is C11H12O4. The highest BCUT2D eigenvalue weighted by atomic mass is 16.7. The fourth-order valence-electron chi connectivity index (χ4n) is 1.47. The highest BCUT2D eigenvalue weighted by molar-refractivity contribution is 5.78. The van der Waals surface area contributed by atoms with Gasteiger partial charge in [-0.15, -0.1) is 0 Å². The van der Waals surface area contributed by atoms with Gasteiger partial charge in [0.1, 0.15) is 5.75 Å². The van der Waals surface area contributed by atoms with E-state index in [1.165, 1.54) is 12.1 Å². The number of esters is 1. The standard InChI is InChI=1S/C11H12O4/c1-2-9-14-10(11(13)15-9)7-3-5-8(12)6-4-7/h3-6,9-10,12H,2H2,1H3. The van der Waals surface area contributed by atoms with Gasteiger partial charge in [-0.25, -0.2) is 4.79 Å². The number of ether oxygens (including phenoxy) is 2. The number of cyclic esters (lactones) is 1. The zero-order valence-electron chi connectivity index (χ0n) is 8.34. The third-order valence-electron chi connectivity index (χ3n) is 2.28. The van der Waals surface area contributed by atoms with Crippen LogP contribution >= 0.6 is 0 Å². The molecule has 0 saturated carbocycles. The van der Waals surface area contributed by atoms with E-state index in [2.05, 4.69) is 0 Å². The number of aromatic hydroxyl groups is 1. The van der Waals surface area contributed by atoms with Crippen LogP contribution in [0.5, 0.6) is 5.75 Å². The number of phenols is 1. The Morgan fingerprint density at radius 2 is 2.00 bits per heavy atom. The molecule has 2 unspecified atom stereocenters. The molecule has 1 aromatic rings. The van der Waals surface area contributed by atoms with Crippen LogP contribution in [0.4, 0.5) is 0 Å². The summed E-state index contributed by atoms with van der Waals surface area (Å²) in [6.45, 7) is 1.89. The summed E-state index contributed by atoms with van der Waals surface area (Å²) in [5.41, 5.74) is 0.703. The van der Waals surface area contributed by atoms with Crippen LogP contribution in [0.25, 0.3) is 0 Å². The molecule has 1 saturated heterocycles. The zero-order chi connectivity index (χ0) is 10.8.